The molecule has 0 radical (unpaired) electrons. The lowest BCUT2D eigenvalue weighted by Crippen LogP contribution is -2.47. The molecule has 1 atom stereocenters. The van der Waals surface area contributed by atoms with Gasteiger partial charge in [-0.15, -0.1) is 0 Å². The zero-order valence-electron chi connectivity index (χ0n) is 43.7. The van der Waals surface area contributed by atoms with Gasteiger partial charge in [0.2, 0.25) is 0 Å². The molecule has 0 amide bonds. The summed E-state index contributed by atoms with van der Waals surface area (Å²) in [6.45, 7) is 44.1. The number of ketones is 1. The number of anilines is 1. The van der Waals surface area contributed by atoms with Gasteiger partial charge in [-0.3, -0.25) is 9.69 Å². The lowest BCUT2D eigenvalue weighted by Gasteiger charge is -2.41. The molecule has 7 heteroatoms. The average Bonchev–Trinajstić information content (AvgIpc) is 3.25. The summed E-state index contributed by atoms with van der Waals surface area (Å²) < 4.78 is 0. The number of aromatic nitrogens is 1. The van der Waals surface area contributed by atoms with Crippen molar-refractivity contribution in [2.45, 2.75) is 128 Å². The van der Waals surface area contributed by atoms with Crippen molar-refractivity contribution in [2.24, 2.45) is 17.8 Å². The van der Waals surface area contributed by atoms with Crippen molar-refractivity contribution in [3.05, 3.63) is 136 Å². The van der Waals surface area contributed by atoms with Crippen molar-refractivity contribution >= 4 is 28.4 Å². The standard InChI is InChI=1S/C33H47N5.C12H14O.C8H13N.C3H8.C2H6/c1-8-32-29-18-34-33(35(5)6)17-28(29)31(21-36(32)7)27-15-24(3)30(25(4)16-27)22-38-19-26(20-38)11-14-37-12-9-23(2)10-13-37;1-8(2)12-7-9(3)5-6-11(12)10(4)13;1-6-4-5-7(2)9-8(6)3;1-3-2;1-2/h8,15-18,21,23,26H,9-14,19-20,22H2,1-7H3;5-7H,1H2,2-4H3;6,9H,2-5H2,1H3;3H2,1-2H3;1-2H3/b32-8-;;;;. The minimum absolute atomic E-state index is 0.0954. The molecule has 1 N–H and O–H groups in total. The Morgan fingerprint density at radius 1 is 0.908 bits per heavy atom. The number of hydrogen-bond acceptors (Lipinski definition) is 7. The Balaban J connectivity index is 0.000000337. The molecule has 0 bridgehead atoms. The minimum Gasteiger partial charge on any atom is -0.363 e. The predicted molar refractivity (Wildman–Crippen MR) is 284 cm³/mol. The van der Waals surface area contributed by atoms with Crippen molar-refractivity contribution in [1.29, 1.82) is 0 Å². The van der Waals surface area contributed by atoms with Gasteiger partial charge in [-0.1, -0.05) is 115 Å². The third-order valence-corrected chi connectivity index (χ3v) is 12.9. The normalized spacial score (nSPS) is 18.1. The SMILES string of the molecule is C/C=C1/c2cnc(N(C)C)cc2C(c2cc(C)c(CN3CC(CCN4CCC(C)CC4)C3)c(C)c2)=CN1C.C=C(C)c1cc(C)ccc1C(C)=O.C=C1CCC(C)C(=C)N1.CC.CCC. The highest BCUT2D eigenvalue weighted by Gasteiger charge is 2.29. The monoisotopic (exact) mass is 885 g/mol. The highest BCUT2D eigenvalue weighted by Crippen LogP contribution is 2.39. The van der Waals surface area contributed by atoms with Crippen LogP contribution in [0.5, 0.6) is 0 Å². The van der Waals surface area contributed by atoms with E-state index in [1.807, 2.05) is 52.1 Å². The lowest BCUT2D eigenvalue weighted by atomic mass is 9.87. The van der Waals surface area contributed by atoms with Gasteiger partial charge in [-0.25, -0.2) is 4.98 Å². The van der Waals surface area contributed by atoms with E-state index in [-0.39, 0.29) is 5.78 Å². The third-order valence-electron chi connectivity index (χ3n) is 12.9. The maximum Gasteiger partial charge on any atom is 0.160 e. The van der Waals surface area contributed by atoms with Crippen molar-refractivity contribution in [3.63, 3.8) is 0 Å². The first kappa shape index (κ1) is 54.6. The first-order chi connectivity index (χ1) is 30.9. The van der Waals surface area contributed by atoms with Crippen LogP contribution < -0.4 is 10.2 Å². The molecule has 356 valence electrons. The Hall–Kier alpha value is -4.72. The van der Waals surface area contributed by atoms with Gasteiger partial charge in [0.15, 0.2) is 5.78 Å². The van der Waals surface area contributed by atoms with Gasteiger partial charge in [0.1, 0.15) is 5.82 Å². The molecule has 0 aliphatic carbocycles. The second-order valence-electron chi connectivity index (χ2n) is 19.1. The molecule has 1 aromatic heterocycles. The molecule has 65 heavy (non-hydrogen) atoms. The van der Waals surface area contributed by atoms with Crippen LogP contribution in [0.3, 0.4) is 0 Å². The van der Waals surface area contributed by atoms with E-state index in [9.17, 15) is 4.79 Å². The summed E-state index contributed by atoms with van der Waals surface area (Å²) in [6.07, 6.45) is 14.2. The second-order valence-corrected chi connectivity index (χ2v) is 19.1. The number of carbonyl (C=O) groups excluding carboxylic acids is 1. The van der Waals surface area contributed by atoms with Crippen LogP contribution in [-0.4, -0.2) is 79.3 Å². The molecule has 4 aliphatic rings. The second kappa shape index (κ2) is 26.4. The number of allylic oxidation sites excluding steroid dienone is 4. The molecule has 5 heterocycles. The number of likely N-dealkylation sites (tertiary alicyclic amines) is 2. The fourth-order valence-corrected chi connectivity index (χ4v) is 8.78. The molecule has 0 saturated carbocycles. The Kier molecular flexibility index (Phi) is 22.2. The summed E-state index contributed by atoms with van der Waals surface area (Å²) in [5.41, 5.74) is 16.6. The van der Waals surface area contributed by atoms with E-state index in [0.29, 0.717) is 5.92 Å². The summed E-state index contributed by atoms with van der Waals surface area (Å²) in [5.74, 6) is 3.50. The number of benzene rings is 2. The van der Waals surface area contributed by atoms with Crippen molar-refractivity contribution in [1.82, 2.24) is 25.0 Å². The van der Waals surface area contributed by atoms with Gasteiger partial charge >= 0.3 is 0 Å². The largest absolute Gasteiger partial charge is 0.363 e. The quantitative estimate of drug-likeness (QED) is 0.215. The van der Waals surface area contributed by atoms with Gasteiger partial charge in [0.25, 0.3) is 0 Å². The summed E-state index contributed by atoms with van der Waals surface area (Å²) in [7, 11) is 6.25. The first-order valence-corrected chi connectivity index (χ1v) is 24.6. The zero-order chi connectivity index (χ0) is 48.5. The maximum absolute atomic E-state index is 11.2. The van der Waals surface area contributed by atoms with Crippen LogP contribution in [0.15, 0.2) is 86.0 Å². The van der Waals surface area contributed by atoms with Crippen LogP contribution in [0.1, 0.15) is 156 Å². The number of rotatable bonds is 9. The van der Waals surface area contributed by atoms with E-state index in [1.54, 1.807) is 6.92 Å². The van der Waals surface area contributed by atoms with Gasteiger partial charge < -0.3 is 20.0 Å². The van der Waals surface area contributed by atoms with E-state index in [2.05, 4.69) is 145 Å². The van der Waals surface area contributed by atoms with Crippen LogP contribution in [0.25, 0.3) is 16.8 Å². The van der Waals surface area contributed by atoms with E-state index in [1.165, 1.54) is 109 Å². The maximum atomic E-state index is 11.2. The number of nitrogens with one attached hydrogen (secondary N) is 1. The molecule has 3 aromatic rings. The fraction of sp³-hybridized carbons (Fsp3) is 0.517. The molecule has 3 saturated heterocycles. The van der Waals surface area contributed by atoms with E-state index in [4.69, 9.17) is 4.98 Å². The van der Waals surface area contributed by atoms with Gasteiger partial charge in [0.05, 0.1) is 0 Å². The number of fused-ring (bicyclic) bond motifs is 1. The summed E-state index contributed by atoms with van der Waals surface area (Å²) >= 11 is 0. The summed E-state index contributed by atoms with van der Waals surface area (Å²) in [5, 5.41) is 3.14. The van der Waals surface area contributed by atoms with Crippen molar-refractivity contribution < 1.29 is 4.79 Å². The molecule has 3 fully saturated rings. The predicted octanol–water partition coefficient (Wildman–Crippen LogP) is 13.7. The van der Waals surface area contributed by atoms with Gasteiger partial charge in [-0.2, -0.15) is 0 Å². The Morgan fingerprint density at radius 3 is 2.05 bits per heavy atom. The number of pyridine rings is 1. The average molecular weight is 885 g/mol. The minimum atomic E-state index is 0.0954. The summed E-state index contributed by atoms with van der Waals surface area (Å²) in [4.78, 5) is 25.6. The highest BCUT2D eigenvalue weighted by atomic mass is 16.1. The van der Waals surface area contributed by atoms with Crippen LogP contribution in [0.4, 0.5) is 5.82 Å². The number of Topliss-reactive ketones (excluding diaryl/α,β-unsaturated/α-hetero) is 1. The van der Waals surface area contributed by atoms with Crippen LogP contribution in [0.2, 0.25) is 0 Å². The topological polar surface area (TPSA) is 55.0 Å². The molecule has 4 aliphatic heterocycles. The number of hydrogen-bond donors (Lipinski definition) is 1. The molecular weight excluding hydrogens is 797 g/mol. The van der Waals surface area contributed by atoms with Gasteiger partial charge in [0, 0.05) is 87.0 Å². The van der Waals surface area contributed by atoms with E-state index >= 15 is 0 Å². The molecular formula is C58H88N6O. The van der Waals surface area contributed by atoms with Crippen molar-refractivity contribution in [3.8, 4) is 0 Å². The van der Waals surface area contributed by atoms with Crippen LogP contribution in [0, 0.1) is 38.5 Å². The number of piperidine rings is 2. The fourth-order valence-electron chi connectivity index (χ4n) is 8.78. The lowest BCUT2D eigenvalue weighted by molar-refractivity contribution is 0.0721. The number of aryl methyl sites for hydroxylation is 3. The first-order valence-electron chi connectivity index (χ1n) is 24.6. The number of carbonyl (C=O) groups is 1. The molecule has 7 rings (SSSR count). The zero-order valence-corrected chi connectivity index (χ0v) is 43.7. The van der Waals surface area contributed by atoms with Crippen LogP contribution in [-0.2, 0) is 6.54 Å². The Labute approximate surface area is 397 Å². The smallest absolute Gasteiger partial charge is 0.160 e. The van der Waals surface area contributed by atoms with Crippen LogP contribution >= 0.6 is 0 Å². The van der Waals surface area contributed by atoms with Crippen molar-refractivity contribution in [2.75, 3.05) is 58.8 Å². The third kappa shape index (κ3) is 15.7. The molecule has 0 spiro atoms. The Bertz CT molecular complexity index is 2100. The number of nitrogens with zero attached hydrogens (tertiary/aromatic N) is 5. The van der Waals surface area contributed by atoms with Gasteiger partial charge in [-0.05, 0) is 150 Å². The van der Waals surface area contributed by atoms with E-state index in [0.717, 1.165) is 64.3 Å². The highest BCUT2D eigenvalue weighted by molar-refractivity contribution is 5.99. The molecule has 2 aromatic carbocycles. The summed E-state index contributed by atoms with van der Waals surface area (Å²) in [6, 6.07) is 12.8. The molecule has 7 nitrogen and oxygen atoms in total. The Morgan fingerprint density at radius 2 is 1.52 bits per heavy atom. The van der Waals surface area contributed by atoms with E-state index < -0.39 is 0 Å². The molecule has 1 unspecified atom stereocenters.